The van der Waals surface area contributed by atoms with E-state index < -0.39 is 0 Å². The van der Waals surface area contributed by atoms with Gasteiger partial charge in [0.05, 0.1) is 12.3 Å². The molecule has 0 amide bonds. The fourth-order valence-electron chi connectivity index (χ4n) is 2.81. The van der Waals surface area contributed by atoms with Crippen LogP contribution in [0.4, 0.5) is 0 Å². The summed E-state index contributed by atoms with van der Waals surface area (Å²) in [7, 11) is 3.76. The zero-order valence-corrected chi connectivity index (χ0v) is 17.5. The highest BCUT2D eigenvalue weighted by Crippen LogP contribution is 2.13. The zero-order valence-electron chi connectivity index (χ0n) is 17.5. The van der Waals surface area contributed by atoms with Crippen LogP contribution in [-0.4, -0.2) is 35.9 Å². The van der Waals surface area contributed by atoms with Crippen molar-refractivity contribution in [3.63, 3.8) is 0 Å². The van der Waals surface area contributed by atoms with E-state index in [-0.39, 0.29) is 0 Å². The number of nitrogens with one attached hydrogen (secondary N) is 2. The number of hydrogen-bond donors (Lipinski definition) is 2. The minimum Gasteiger partial charge on any atom is -0.493 e. The third kappa shape index (κ3) is 6.31. The second-order valence-corrected chi connectivity index (χ2v) is 7.22. The summed E-state index contributed by atoms with van der Waals surface area (Å²) in [6.07, 6.45) is 0.927. The van der Waals surface area contributed by atoms with E-state index in [2.05, 4.69) is 53.6 Å². The molecular weight excluding hydrogens is 338 g/mol. The molecule has 0 saturated carbocycles. The van der Waals surface area contributed by atoms with E-state index >= 15 is 0 Å². The predicted octanol–water partition coefficient (Wildman–Crippen LogP) is 2.98. The lowest BCUT2D eigenvalue weighted by Gasteiger charge is -2.13. The lowest BCUT2D eigenvalue weighted by molar-refractivity contribution is 0.271. The summed E-state index contributed by atoms with van der Waals surface area (Å²) in [6, 6.07) is 8.32. The molecule has 0 bridgehead atoms. The Bertz CT molecular complexity index is 747. The van der Waals surface area contributed by atoms with Crippen LogP contribution in [0.3, 0.4) is 0 Å². The van der Waals surface area contributed by atoms with E-state index in [1.165, 1.54) is 16.8 Å². The molecule has 2 N–H and O–H groups in total. The Kier molecular flexibility index (Phi) is 7.70. The van der Waals surface area contributed by atoms with Gasteiger partial charge in [-0.25, -0.2) is 0 Å². The first kappa shape index (κ1) is 20.8. The Morgan fingerprint density at radius 3 is 2.44 bits per heavy atom. The Labute approximate surface area is 163 Å². The van der Waals surface area contributed by atoms with Gasteiger partial charge in [-0.2, -0.15) is 5.10 Å². The van der Waals surface area contributed by atoms with Crippen molar-refractivity contribution in [2.24, 2.45) is 18.0 Å². The lowest BCUT2D eigenvalue weighted by atomic mass is 10.1. The van der Waals surface area contributed by atoms with Crippen molar-refractivity contribution >= 4 is 5.96 Å². The molecule has 0 fully saturated rings. The van der Waals surface area contributed by atoms with Crippen molar-refractivity contribution in [3.05, 3.63) is 46.8 Å². The van der Waals surface area contributed by atoms with Crippen LogP contribution in [0.15, 0.2) is 29.3 Å². The smallest absolute Gasteiger partial charge is 0.191 e. The van der Waals surface area contributed by atoms with Gasteiger partial charge < -0.3 is 15.4 Å². The van der Waals surface area contributed by atoms with E-state index in [1.54, 1.807) is 7.05 Å². The lowest BCUT2D eigenvalue weighted by Crippen LogP contribution is -2.38. The number of ether oxygens (including phenoxy) is 1. The number of guanidine groups is 1. The van der Waals surface area contributed by atoms with Crippen LogP contribution < -0.4 is 15.4 Å². The molecule has 0 atom stereocenters. The molecule has 0 aliphatic carbocycles. The first-order valence-electron chi connectivity index (χ1n) is 9.56. The van der Waals surface area contributed by atoms with Crippen molar-refractivity contribution < 1.29 is 4.74 Å². The first-order chi connectivity index (χ1) is 12.9. The maximum Gasteiger partial charge on any atom is 0.191 e. The first-order valence-corrected chi connectivity index (χ1v) is 9.56. The van der Waals surface area contributed by atoms with E-state index in [9.17, 15) is 0 Å². The quantitative estimate of drug-likeness (QED) is 0.553. The molecule has 2 rings (SSSR count). The Morgan fingerprint density at radius 2 is 1.89 bits per heavy atom. The van der Waals surface area contributed by atoms with Gasteiger partial charge >= 0.3 is 0 Å². The monoisotopic (exact) mass is 371 g/mol. The SMILES string of the molecule is CN=C(NCCc1ccc(OCC(C)C)cc1)NCc1c(C)nn(C)c1C. The van der Waals surface area contributed by atoms with Crippen molar-refractivity contribution in [1.29, 1.82) is 0 Å². The highest BCUT2D eigenvalue weighted by molar-refractivity contribution is 5.79. The van der Waals surface area contributed by atoms with Gasteiger partial charge in [0.1, 0.15) is 5.75 Å². The van der Waals surface area contributed by atoms with Gasteiger partial charge in [-0.05, 0) is 43.9 Å². The molecule has 0 radical (unpaired) electrons. The van der Waals surface area contributed by atoms with Gasteiger partial charge in [0.15, 0.2) is 5.96 Å². The molecule has 6 heteroatoms. The van der Waals surface area contributed by atoms with E-state index in [4.69, 9.17) is 4.74 Å². The van der Waals surface area contributed by atoms with Gasteiger partial charge in [0, 0.05) is 38.4 Å². The Balaban J connectivity index is 1.77. The molecule has 2 aromatic rings. The molecule has 6 nitrogen and oxygen atoms in total. The predicted molar refractivity (Wildman–Crippen MR) is 111 cm³/mol. The van der Waals surface area contributed by atoms with Crippen LogP contribution in [-0.2, 0) is 20.0 Å². The highest BCUT2D eigenvalue weighted by Gasteiger charge is 2.09. The molecule has 0 unspecified atom stereocenters. The van der Waals surface area contributed by atoms with Crippen LogP contribution >= 0.6 is 0 Å². The van der Waals surface area contributed by atoms with Crippen molar-refractivity contribution in [1.82, 2.24) is 20.4 Å². The van der Waals surface area contributed by atoms with E-state index in [0.29, 0.717) is 12.5 Å². The number of rotatable bonds is 8. The van der Waals surface area contributed by atoms with Crippen LogP contribution in [0, 0.1) is 19.8 Å². The minimum absolute atomic E-state index is 0.535. The average molecular weight is 372 g/mol. The molecule has 0 spiro atoms. The molecule has 148 valence electrons. The number of hydrogen-bond acceptors (Lipinski definition) is 3. The molecule has 0 aliphatic heterocycles. The fourth-order valence-corrected chi connectivity index (χ4v) is 2.81. The normalized spacial score (nSPS) is 11.7. The van der Waals surface area contributed by atoms with Gasteiger partial charge in [-0.15, -0.1) is 0 Å². The third-order valence-electron chi connectivity index (χ3n) is 4.53. The summed E-state index contributed by atoms with van der Waals surface area (Å²) in [5, 5.41) is 11.2. The van der Waals surface area contributed by atoms with Gasteiger partial charge in [0.2, 0.25) is 0 Å². The number of benzene rings is 1. The molecule has 27 heavy (non-hydrogen) atoms. The summed E-state index contributed by atoms with van der Waals surface area (Å²) in [4.78, 5) is 4.30. The topological polar surface area (TPSA) is 63.5 Å². The molecule has 0 aliphatic rings. The van der Waals surface area contributed by atoms with Crippen LogP contribution in [0.25, 0.3) is 0 Å². The summed E-state index contributed by atoms with van der Waals surface area (Å²) in [5.41, 5.74) is 4.72. The fraction of sp³-hybridized carbons (Fsp3) is 0.524. The summed E-state index contributed by atoms with van der Waals surface area (Å²) < 4.78 is 7.64. The van der Waals surface area contributed by atoms with Crippen molar-refractivity contribution in [3.8, 4) is 5.75 Å². The third-order valence-corrected chi connectivity index (χ3v) is 4.53. The maximum atomic E-state index is 5.73. The van der Waals surface area contributed by atoms with Gasteiger partial charge in [-0.3, -0.25) is 9.67 Å². The molecule has 1 aromatic heterocycles. The summed E-state index contributed by atoms with van der Waals surface area (Å²) in [5.74, 6) is 2.27. The molecule has 0 saturated heterocycles. The van der Waals surface area contributed by atoms with Crippen LogP contribution in [0.2, 0.25) is 0 Å². The van der Waals surface area contributed by atoms with Crippen molar-refractivity contribution in [2.75, 3.05) is 20.2 Å². The number of nitrogens with zero attached hydrogens (tertiary/aromatic N) is 3. The Morgan fingerprint density at radius 1 is 1.19 bits per heavy atom. The Hall–Kier alpha value is -2.50. The van der Waals surface area contributed by atoms with Gasteiger partial charge in [-0.1, -0.05) is 26.0 Å². The maximum absolute atomic E-state index is 5.73. The molecule has 1 aromatic carbocycles. The molecular formula is C21H33N5O. The second kappa shape index (κ2) is 10.00. The number of aliphatic imine (C=N–C) groups is 1. The van der Waals surface area contributed by atoms with Crippen LogP contribution in [0.5, 0.6) is 5.75 Å². The van der Waals surface area contributed by atoms with E-state index in [0.717, 1.165) is 37.0 Å². The average Bonchev–Trinajstić information content (AvgIpc) is 2.89. The zero-order chi connectivity index (χ0) is 19.8. The second-order valence-electron chi connectivity index (χ2n) is 7.22. The van der Waals surface area contributed by atoms with Crippen LogP contribution in [0.1, 0.15) is 36.4 Å². The minimum atomic E-state index is 0.535. The summed E-state index contributed by atoms with van der Waals surface area (Å²) >= 11 is 0. The van der Waals surface area contributed by atoms with Crippen molar-refractivity contribution in [2.45, 2.75) is 40.7 Å². The summed E-state index contributed by atoms with van der Waals surface area (Å²) in [6.45, 7) is 10.7. The number of aryl methyl sites for hydroxylation is 2. The highest BCUT2D eigenvalue weighted by atomic mass is 16.5. The van der Waals surface area contributed by atoms with E-state index in [1.807, 2.05) is 30.8 Å². The molecule has 1 heterocycles. The number of aromatic nitrogens is 2. The standard InChI is InChI=1S/C21H33N5O/c1-15(2)14-27-19-9-7-18(8-10-19)11-12-23-21(22-5)24-13-20-16(3)25-26(6)17(20)4/h7-10,15H,11-14H2,1-6H3,(H2,22,23,24). The van der Waals surface area contributed by atoms with Gasteiger partial charge in [0.25, 0.3) is 0 Å². The largest absolute Gasteiger partial charge is 0.493 e.